The van der Waals surface area contributed by atoms with E-state index in [2.05, 4.69) is 64.8 Å². The molecule has 3 aromatic rings. The topological polar surface area (TPSA) is 32.3 Å². The molecule has 1 heterocycles. The molecule has 1 aliphatic heterocycles. The zero-order valence-corrected chi connectivity index (χ0v) is 16.8. The maximum atomic E-state index is 12.9. The fourth-order valence-corrected chi connectivity index (χ4v) is 4.11. The lowest BCUT2D eigenvalue weighted by Gasteiger charge is -2.19. The SMILES string of the molecule is O=C(NCC(c1ccccc1)c1ccccc1)c1cccc(CN2CCCC2)c1. The first-order chi connectivity index (χ1) is 14.3. The summed E-state index contributed by atoms with van der Waals surface area (Å²) in [6, 6.07) is 28.8. The molecule has 1 aliphatic rings. The Kier molecular flexibility index (Phi) is 6.38. The molecule has 1 fully saturated rings. The van der Waals surface area contributed by atoms with Gasteiger partial charge in [-0.15, -0.1) is 0 Å². The van der Waals surface area contributed by atoms with Gasteiger partial charge in [-0.25, -0.2) is 0 Å². The van der Waals surface area contributed by atoms with E-state index >= 15 is 0 Å². The average Bonchev–Trinajstić information content (AvgIpc) is 3.28. The molecular weight excluding hydrogens is 356 g/mol. The second-order valence-corrected chi connectivity index (χ2v) is 7.77. The smallest absolute Gasteiger partial charge is 0.251 e. The van der Waals surface area contributed by atoms with Crippen LogP contribution in [0.2, 0.25) is 0 Å². The fraction of sp³-hybridized carbons (Fsp3) is 0.269. The van der Waals surface area contributed by atoms with Gasteiger partial charge in [-0.05, 0) is 54.8 Å². The number of benzene rings is 3. The molecule has 1 saturated heterocycles. The van der Waals surface area contributed by atoms with E-state index in [-0.39, 0.29) is 11.8 Å². The third-order valence-corrected chi connectivity index (χ3v) is 5.66. The van der Waals surface area contributed by atoms with E-state index in [0.29, 0.717) is 6.54 Å². The second-order valence-electron chi connectivity index (χ2n) is 7.77. The van der Waals surface area contributed by atoms with Crippen molar-refractivity contribution in [1.82, 2.24) is 10.2 Å². The zero-order chi connectivity index (χ0) is 19.9. The zero-order valence-electron chi connectivity index (χ0n) is 16.8. The monoisotopic (exact) mass is 384 g/mol. The molecule has 0 radical (unpaired) electrons. The van der Waals surface area contributed by atoms with Crippen molar-refractivity contribution < 1.29 is 4.79 Å². The van der Waals surface area contributed by atoms with Crippen LogP contribution in [0.3, 0.4) is 0 Å². The highest BCUT2D eigenvalue weighted by atomic mass is 16.1. The number of hydrogen-bond acceptors (Lipinski definition) is 2. The number of amides is 1. The Hall–Kier alpha value is -2.91. The first kappa shape index (κ1) is 19.4. The summed E-state index contributed by atoms with van der Waals surface area (Å²) >= 11 is 0. The molecule has 4 rings (SSSR count). The number of nitrogens with zero attached hydrogens (tertiary/aromatic N) is 1. The van der Waals surface area contributed by atoms with Crippen LogP contribution < -0.4 is 5.32 Å². The van der Waals surface area contributed by atoms with Crippen molar-refractivity contribution in [3.05, 3.63) is 107 Å². The van der Waals surface area contributed by atoms with Crippen molar-refractivity contribution in [2.45, 2.75) is 25.3 Å². The Bertz CT molecular complexity index is 878. The molecule has 0 spiro atoms. The Balaban J connectivity index is 1.45. The van der Waals surface area contributed by atoms with Crippen LogP contribution in [0.5, 0.6) is 0 Å². The maximum absolute atomic E-state index is 12.9. The summed E-state index contributed by atoms with van der Waals surface area (Å²) in [7, 11) is 0. The Morgan fingerprint density at radius 3 is 2.07 bits per heavy atom. The van der Waals surface area contributed by atoms with Crippen LogP contribution in [0.25, 0.3) is 0 Å². The molecule has 0 unspecified atom stereocenters. The van der Waals surface area contributed by atoms with E-state index in [1.807, 2.05) is 30.3 Å². The van der Waals surface area contributed by atoms with Crippen LogP contribution in [-0.4, -0.2) is 30.4 Å². The molecule has 3 nitrogen and oxygen atoms in total. The Labute approximate surface area is 173 Å². The number of likely N-dealkylation sites (tertiary alicyclic amines) is 1. The lowest BCUT2D eigenvalue weighted by molar-refractivity contribution is 0.0952. The van der Waals surface area contributed by atoms with E-state index in [4.69, 9.17) is 0 Å². The first-order valence-corrected chi connectivity index (χ1v) is 10.5. The van der Waals surface area contributed by atoms with Gasteiger partial charge < -0.3 is 5.32 Å². The number of rotatable bonds is 7. The molecule has 29 heavy (non-hydrogen) atoms. The average molecular weight is 385 g/mol. The Morgan fingerprint density at radius 2 is 1.45 bits per heavy atom. The summed E-state index contributed by atoms with van der Waals surface area (Å²) in [6.45, 7) is 3.82. The minimum atomic E-state index is -0.00914. The van der Waals surface area contributed by atoms with E-state index in [9.17, 15) is 4.79 Å². The van der Waals surface area contributed by atoms with Gasteiger partial charge in [0.2, 0.25) is 0 Å². The summed E-state index contributed by atoms with van der Waals surface area (Å²) in [5.41, 5.74) is 4.37. The third-order valence-electron chi connectivity index (χ3n) is 5.66. The highest BCUT2D eigenvalue weighted by molar-refractivity contribution is 5.94. The van der Waals surface area contributed by atoms with E-state index in [1.165, 1.54) is 29.5 Å². The highest BCUT2D eigenvalue weighted by Crippen LogP contribution is 2.24. The molecular formula is C26H28N2O. The number of hydrogen-bond donors (Lipinski definition) is 1. The van der Waals surface area contributed by atoms with Gasteiger partial charge in [-0.1, -0.05) is 72.8 Å². The summed E-state index contributed by atoms with van der Waals surface area (Å²) in [5.74, 6) is 0.124. The molecule has 0 aromatic heterocycles. The minimum absolute atomic E-state index is 0.00914. The lowest BCUT2D eigenvalue weighted by atomic mass is 9.91. The summed E-state index contributed by atoms with van der Waals surface area (Å²) in [6.07, 6.45) is 2.56. The van der Waals surface area contributed by atoms with Gasteiger partial charge >= 0.3 is 0 Å². The molecule has 3 aromatic carbocycles. The van der Waals surface area contributed by atoms with Gasteiger partial charge in [0.05, 0.1) is 0 Å². The van der Waals surface area contributed by atoms with Crippen LogP contribution in [0.1, 0.15) is 45.8 Å². The van der Waals surface area contributed by atoms with Crippen LogP contribution in [0, 0.1) is 0 Å². The van der Waals surface area contributed by atoms with E-state index in [1.54, 1.807) is 0 Å². The number of carbonyl (C=O) groups is 1. The molecule has 0 saturated carbocycles. The quantitative estimate of drug-likeness (QED) is 0.632. The Morgan fingerprint density at radius 1 is 0.828 bits per heavy atom. The van der Waals surface area contributed by atoms with Gasteiger partial charge in [0.25, 0.3) is 5.91 Å². The minimum Gasteiger partial charge on any atom is -0.351 e. The summed E-state index contributed by atoms with van der Waals surface area (Å²) < 4.78 is 0. The van der Waals surface area contributed by atoms with Gasteiger partial charge in [0.1, 0.15) is 0 Å². The summed E-state index contributed by atoms with van der Waals surface area (Å²) in [4.78, 5) is 15.3. The van der Waals surface area contributed by atoms with Crippen molar-refractivity contribution in [2.75, 3.05) is 19.6 Å². The van der Waals surface area contributed by atoms with Crippen molar-refractivity contribution in [2.24, 2.45) is 0 Å². The molecule has 0 atom stereocenters. The van der Waals surface area contributed by atoms with Crippen LogP contribution >= 0.6 is 0 Å². The molecule has 148 valence electrons. The molecule has 1 N–H and O–H groups in total. The summed E-state index contributed by atoms with van der Waals surface area (Å²) in [5, 5.41) is 3.16. The molecule has 0 bridgehead atoms. The number of nitrogens with one attached hydrogen (secondary N) is 1. The van der Waals surface area contributed by atoms with Crippen molar-refractivity contribution in [3.8, 4) is 0 Å². The second kappa shape index (κ2) is 9.53. The van der Waals surface area contributed by atoms with Crippen LogP contribution in [0.4, 0.5) is 0 Å². The normalized spacial score (nSPS) is 14.2. The molecule has 0 aliphatic carbocycles. The highest BCUT2D eigenvalue weighted by Gasteiger charge is 2.17. The van der Waals surface area contributed by atoms with E-state index in [0.717, 1.165) is 25.2 Å². The lowest BCUT2D eigenvalue weighted by Crippen LogP contribution is -2.29. The van der Waals surface area contributed by atoms with Crippen molar-refractivity contribution in [3.63, 3.8) is 0 Å². The first-order valence-electron chi connectivity index (χ1n) is 10.5. The van der Waals surface area contributed by atoms with Gasteiger partial charge in [-0.2, -0.15) is 0 Å². The van der Waals surface area contributed by atoms with Crippen LogP contribution in [0.15, 0.2) is 84.9 Å². The van der Waals surface area contributed by atoms with Crippen molar-refractivity contribution in [1.29, 1.82) is 0 Å². The third kappa shape index (κ3) is 5.12. The van der Waals surface area contributed by atoms with Gasteiger partial charge in [0.15, 0.2) is 0 Å². The largest absolute Gasteiger partial charge is 0.351 e. The van der Waals surface area contributed by atoms with Crippen molar-refractivity contribution >= 4 is 5.91 Å². The predicted octanol–water partition coefficient (Wildman–Crippen LogP) is 4.84. The van der Waals surface area contributed by atoms with Gasteiger partial charge in [-0.3, -0.25) is 9.69 Å². The van der Waals surface area contributed by atoms with E-state index < -0.39 is 0 Å². The standard InChI is InChI=1S/C26H28N2O/c29-26(24-15-9-10-21(18-24)20-28-16-7-8-17-28)27-19-25(22-11-3-1-4-12-22)23-13-5-2-6-14-23/h1-6,9-15,18,25H,7-8,16-17,19-20H2,(H,27,29). The van der Waals surface area contributed by atoms with Gasteiger partial charge in [0, 0.05) is 24.6 Å². The molecule has 1 amide bonds. The molecule has 3 heteroatoms. The predicted molar refractivity (Wildman–Crippen MR) is 118 cm³/mol. The fourth-order valence-electron chi connectivity index (χ4n) is 4.11. The number of carbonyl (C=O) groups excluding carboxylic acids is 1. The van der Waals surface area contributed by atoms with Crippen LogP contribution in [-0.2, 0) is 6.54 Å². The maximum Gasteiger partial charge on any atom is 0.251 e.